The summed E-state index contributed by atoms with van der Waals surface area (Å²) in [5.41, 5.74) is -0.699. The van der Waals surface area contributed by atoms with Crippen molar-refractivity contribution in [2.75, 3.05) is 0 Å². The number of carboxylic acids is 2. The second-order valence-corrected chi connectivity index (χ2v) is 8.13. The van der Waals surface area contributed by atoms with Gasteiger partial charge in [0.25, 0.3) is 0 Å². The zero-order valence-electron chi connectivity index (χ0n) is 16.7. The normalized spacial score (nSPS) is 12.9. The molecule has 25 heavy (non-hydrogen) atoms. The molecule has 0 saturated heterocycles. The van der Waals surface area contributed by atoms with Gasteiger partial charge in [-0.3, -0.25) is 9.59 Å². The van der Waals surface area contributed by atoms with Crippen molar-refractivity contribution in [3.8, 4) is 0 Å². The van der Waals surface area contributed by atoms with Gasteiger partial charge >= 0.3 is 11.9 Å². The van der Waals surface area contributed by atoms with Crippen LogP contribution in [0.2, 0.25) is 0 Å². The van der Waals surface area contributed by atoms with Crippen LogP contribution in [0.25, 0.3) is 0 Å². The lowest BCUT2D eigenvalue weighted by atomic mass is 9.74. The van der Waals surface area contributed by atoms with Crippen LogP contribution in [-0.2, 0) is 9.59 Å². The van der Waals surface area contributed by atoms with E-state index in [1.165, 1.54) is 57.8 Å². The number of aliphatic carboxylic acids is 2. The van der Waals surface area contributed by atoms with Gasteiger partial charge in [-0.15, -0.1) is 0 Å². The topological polar surface area (TPSA) is 74.6 Å². The van der Waals surface area contributed by atoms with Gasteiger partial charge in [0.05, 0.1) is 12.3 Å². The van der Waals surface area contributed by atoms with Crippen LogP contribution >= 0.6 is 0 Å². The lowest BCUT2D eigenvalue weighted by Gasteiger charge is -2.30. The zero-order chi connectivity index (χ0) is 19.1. The second kappa shape index (κ2) is 14.1. The van der Waals surface area contributed by atoms with Crippen LogP contribution < -0.4 is 0 Å². The minimum atomic E-state index is -0.925. The lowest BCUT2D eigenvalue weighted by molar-refractivity contribution is -0.149. The summed E-state index contributed by atoms with van der Waals surface area (Å²) in [7, 11) is 0. The van der Waals surface area contributed by atoms with Gasteiger partial charge in [-0.05, 0) is 11.8 Å². The first kappa shape index (κ1) is 23.9. The van der Waals surface area contributed by atoms with Crippen LogP contribution in [0.1, 0.15) is 111 Å². The fourth-order valence-corrected chi connectivity index (χ4v) is 3.55. The number of hydrogen-bond acceptors (Lipinski definition) is 2. The third-order valence-corrected chi connectivity index (χ3v) is 5.19. The Morgan fingerprint density at radius 1 is 0.760 bits per heavy atom. The van der Waals surface area contributed by atoms with Crippen LogP contribution in [0, 0.1) is 11.3 Å². The summed E-state index contributed by atoms with van der Waals surface area (Å²) in [4.78, 5) is 22.4. The van der Waals surface area contributed by atoms with Crippen molar-refractivity contribution in [2.24, 2.45) is 11.3 Å². The third-order valence-electron chi connectivity index (χ3n) is 5.19. The van der Waals surface area contributed by atoms with Gasteiger partial charge in [0.1, 0.15) is 0 Å². The highest BCUT2D eigenvalue weighted by Gasteiger charge is 2.36. The highest BCUT2D eigenvalue weighted by Crippen LogP contribution is 2.34. The Morgan fingerprint density at radius 3 is 1.52 bits per heavy atom. The maximum atomic E-state index is 11.5. The summed E-state index contributed by atoms with van der Waals surface area (Å²) in [6.45, 7) is 5.74. The molecule has 1 unspecified atom stereocenters. The summed E-state index contributed by atoms with van der Waals surface area (Å²) in [6, 6.07) is 0. The van der Waals surface area contributed by atoms with Gasteiger partial charge in [0, 0.05) is 0 Å². The number of unbranched alkanes of at least 4 members (excludes halogenated alkanes) is 11. The molecule has 0 fully saturated rings. The van der Waals surface area contributed by atoms with Crippen molar-refractivity contribution in [3.05, 3.63) is 0 Å². The predicted molar refractivity (Wildman–Crippen MR) is 103 cm³/mol. The van der Waals surface area contributed by atoms with Gasteiger partial charge in [0.2, 0.25) is 0 Å². The molecule has 0 saturated carbocycles. The van der Waals surface area contributed by atoms with Crippen molar-refractivity contribution in [2.45, 2.75) is 111 Å². The van der Waals surface area contributed by atoms with Gasteiger partial charge in [0.15, 0.2) is 0 Å². The molecule has 0 aromatic rings. The average molecular weight is 357 g/mol. The third kappa shape index (κ3) is 12.9. The Hall–Kier alpha value is -1.06. The SMILES string of the molecule is CCCCCCCCCCCCCCC(C(=O)O)C(C)(C)CC(=O)O. The molecule has 0 radical (unpaired) electrons. The fraction of sp³-hybridized carbons (Fsp3) is 0.905. The van der Waals surface area contributed by atoms with E-state index < -0.39 is 23.3 Å². The number of carboxylic acid groups (broad SMARTS) is 2. The van der Waals surface area contributed by atoms with Crippen molar-refractivity contribution >= 4 is 11.9 Å². The first-order chi connectivity index (χ1) is 11.8. The molecule has 0 aliphatic heterocycles. The lowest BCUT2D eigenvalue weighted by Crippen LogP contribution is -2.33. The number of hydrogen-bond donors (Lipinski definition) is 2. The molecule has 148 valence electrons. The van der Waals surface area contributed by atoms with Crippen molar-refractivity contribution in [1.29, 1.82) is 0 Å². The largest absolute Gasteiger partial charge is 0.481 e. The smallest absolute Gasteiger partial charge is 0.307 e. The number of rotatable bonds is 17. The van der Waals surface area contributed by atoms with E-state index in [1.807, 2.05) is 0 Å². The molecule has 0 aliphatic rings. The Balaban J connectivity index is 3.73. The minimum Gasteiger partial charge on any atom is -0.481 e. The van der Waals surface area contributed by atoms with Crippen LogP contribution in [0.15, 0.2) is 0 Å². The fourth-order valence-electron chi connectivity index (χ4n) is 3.55. The maximum Gasteiger partial charge on any atom is 0.307 e. The molecule has 0 amide bonds. The van der Waals surface area contributed by atoms with Gasteiger partial charge in [-0.2, -0.15) is 0 Å². The van der Waals surface area contributed by atoms with E-state index >= 15 is 0 Å². The maximum absolute atomic E-state index is 11.5. The molecular weight excluding hydrogens is 316 g/mol. The average Bonchev–Trinajstić information content (AvgIpc) is 2.50. The summed E-state index contributed by atoms with van der Waals surface area (Å²) >= 11 is 0. The standard InChI is InChI=1S/C21H40O4/c1-4-5-6-7-8-9-10-11-12-13-14-15-16-18(20(24)25)21(2,3)17-19(22)23/h18H,4-17H2,1-3H3,(H,22,23)(H,24,25). The van der Waals surface area contributed by atoms with E-state index in [4.69, 9.17) is 5.11 Å². The van der Waals surface area contributed by atoms with Crippen LogP contribution in [0.5, 0.6) is 0 Å². The molecule has 4 heteroatoms. The van der Waals surface area contributed by atoms with Crippen LogP contribution in [0.3, 0.4) is 0 Å². The summed E-state index contributed by atoms with van der Waals surface area (Å²) in [5.74, 6) is -2.37. The summed E-state index contributed by atoms with van der Waals surface area (Å²) < 4.78 is 0. The van der Waals surface area contributed by atoms with Crippen molar-refractivity contribution < 1.29 is 19.8 Å². The zero-order valence-corrected chi connectivity index (χ0v) is 16.7. The molecule has 1 atom stereocenters. The monoisotopic (exact) mass is 356 g/mol. The molecule has 0 aliphatic carbocycles. The molecule has 4 nitrogen and oxygen atoms in total. The first-order valence-electron chi connectivity index (χ1n) is 10.3. The quantitative estimate of drug-likeness (QED) is 0.301. The first-order valence-corrected chi connectivity index (χ1v) is 10.3. The predicted octanol–water partition coefficient (Wildman–Crippen LogP) is 6.28. The minimum absolute atomic E-state index is 0.0950. The van der Waals surface area contributed by atoms with Crippen molar-refractivity contribution in [1.82, 2.24) is 0 Å². The highest BCUT2D eigenvalue weighted by atomic mass is 16.4. The molecule has 0 aromatic heterocycles. The molecule has 2 N–H and O–H groups in total. The van der Waals surface area contributed by atoms with Crippen molar-refractivity contribution in [3.63, 3.8) is 0 Å². The van der Waals surface area contributed by atoms with E-state index in [9.17, 15) is 14.7 Å². The van der Waals surface area contributed by atoms with Gasteiger partial charge in [-0.25, -0.2) is 0 Å². The molecule has 0 bridgehead atoms. The second-order valence-electron chi connectivity index (χ2n) is 8.13. The van der Waals surface area contributed by atoms with E-state index in [0.717, 1.165) is 19.3 Å². The molecule has 0 heterocycles. The van der Waals surface area contributed by atoms with Crippen LogP contribution in [0.4, 0.5) is 0 Å². The summed E-state index contributed by atoms with van der Waals surface area (Å²) in [6.07, 6.45) is 15.5. The van der Waals surface area contributed by atoms with Gasteiger partial charge in [-0.1, -0.05) is 97.8 Å². The van der Waals surface area contributed by atoms with Crippen LogP contribution in [-0.4, -0.2) is 22.2 Å². The van der Waals surface area contributed by atoms with Gasteiger partial charge < -0.3 is 10.2 Å². The Bertz CT molecular complexity index is 363. The highest BCUT2D eigenvalue weighted by molar-refractivity contribution is 5.73. The van der Waals surface area contributed by atoms with E-state index in [-0.39, 0.29) is 6.42 Å². The molecular formula is C21H40O4. The molecule has 0 rings (SSSR count). The molecule has 0 aromatic carbocycles. The Kier molecular flexibility index (Phi) is 13.5. The van der Waals surface area contributed by atoms with E-state index in [1.54, 1.807) is 13.8 Å². The Morgan fingerprint density at radius 2 is 1.16 bits per heavy atom. The number of carbonyl (C=O) groups is 2. The molecule has 0 spiro atoms. The summed E-state index contributed by atoms with van der Waals surface area (Å²) in [5, 5.41) is 18.4. The van der Waals surface area contributed by atoms with E-state index in [2.05, 4.69) is 6.92 Å². The van der Waals surface area contributed by atoms with E-state index in [0.29, 0.717) is 6.42 Å². The Labute approximate surface area is 154 Å².